The first-order chi connectivity index (χ1) is 22.2. The van der Waals surface area contributed by atoms with E-state index in [9.17, 15) is 22.8 Å². The Kier molecular flexibility index (Phi) is 16.6. The number of pyridine rings is 1. The van der Waals surface area contributed by atoms with Crippen LogP contribution in [0.25, 0.3) is 0 Å². The van der Waals surface area contributed by atoms with Crippen LogP contribution in [-0.4, -0.2) is 105 Å². The van der Waals surface area contributed by atoms with Crippen molar-refractivity contribution < 1.29 is 32.3 Å². The molecule has 2 aliphatic rings. The van der Waals surface area contributed by atoms with Crippen molar-refractivity contribution in [1.82, 2.24) is 20.1 Å². The highest BCUT2D eigenvalue weighted by molar-refractivity contribution is 6.32. The highest BCUT2D eigenvalue weighted by atomic mass is 35.5. The van der Waals surface area contributed by atoms with Gasteiger partial charge in [0.05, 0.1) is 12.7 Å². The predicted molar refractivity (Wildman–Crippen MR) is 180 cm³/mol. The molecule has 9 nitrogen and oxygen atoms in total. The number of amides is 1. The number of carbonyl (C=O) groups is 3. The van der Waals surface area contributed by atoms with Crippen molar-refractivity contribution in [3.63, 3.8) is 0 Å². The number of hydrogen-bond donors (Lipinski definition) is 1. The second kappa shape index (κ2) is 19.6. The molecular formula is C34H49ClF3N5O4. The number of hydrogen-bond acceptors (Lipinski definition) is 8. The molecule has 1 unspecified atom stereocenters. The summed E-state index contributed by atoms with van der Waals surface area (Å²) in [7, 11) is 5.62. The van der Waals surface area contributed by atoms with E-state index in [2.05, 4.69) is 48.0 Å². The minimum absolute atomic E-state index is 0.0181. The second-order valence-electron chi connectivity index (χ2n) is 12.3. The molecule has 0 spiro atoms. The molecule has 262 valence electrons. The number of aldehydes is 2. The third-order valence-electron chi connectivity index (χ3n) is 7.90. The lowest BCUT2D eigenvalue weighted by Crippen LogP contribution is -2.61. The summed E-state index contributed by atoms with van der Waals surface area (Å²) < 4.78 is 41.9. The molecule has 4 rings (SSSR count). The van der Waals surface area contributed by atoms with Gasteiger partial charge in [0.1, 0.15) is 35.2 Å². The molecule has 1 amide bonds. The summed E-state index contributed by atoms with van der Waals surface area (Å²) in [5, 5.41) is 3.77. The van der Waals surface area contributed by atoms with Gasteiger partial charge >= 0.3 is 6.18 Å². The Morgan fingerprint density at radius 3 is 2.30 bits per heavy atom. The largest absolute Gasteiger partial charge is 0.497 e. The van der Waals surface area contributed by atoms with Gasteiger partial charge in [-0.3, -0.25) is 4.79 Å². The first-order valence-corrected chi connectivity index (χ1v) is 16.3. The molecule has 2 fully saturated rings. The van der Waals surface area contributed by atoms with Gasteiger partial charge in [-0.2, -0.15) is 13.2 Å². The lowest BCUT2D eigenvalue weighted by Gasteiger charge is -2.40. The number of anilines is 1. The molecule has 1 N–H and O–H groups in total. The van der Waals surface area contributed by atoms with Crippen molar-refractivity contribution in [3.05, 3.63) is 52.7 Å². The molecule has 2 aromatic rings. The van der Waals surface area contributed by atoms with E-state index in [4.69, 9.17) is 21.1 Å². The number of carbonyl (C=O) groups excluding carboxylic acids is 3. The van der Waals surface area contributed by atoms with Gasteiger partial charge in [-0.05, 0) is 89.0 Å². The van der Waals surface area contributed by atoms with Crippen molar-refractivity contribution in [2.24, 2.45) is 5.92 Å². The van der Waals surface area contributed by atoms with E-state index in [1.54, 1.807) is 0 Å². The minimum atomic E-state index is -4.56. The van der Waals surface area contributed by atoms with Gasteiger partial charge in [-0.25, -0.2) is 4.98 Å². The summed E-state index contributed by atoms with van der Waals surface area (Å²) in [6.45, 7) is 10.3. The van der Waals surface area contributed by atoms with Crippen LogP contribution in [0.5, 0.6) is 5.75 Å². The molecule has 0 aliphatic carbocycles. The number of nitrogens with one attached hydrogen (secondary N) is 1. The Morgan fingerprint density at radius 1 is 1.15 bits per heavy atom. The number of rotatable bonds is 11. The van der Waals surface area contributed by atoms with Gasteiger partial charge in [0.15, 0.2) is 0 Å². The standard InChI is InChI=1S/C22H36ClN5O.C10H9F3O2.C2H4O/c1-16(2)24-18-14-28(15-18)22(29)19-7-8-20(25-21(19)23)27-12-9-17(10-13-27)6-5-11-26(3)4;1-15-8-4-2-3-7(5-8)9(6-14)10(11,12)13;1-2-3/h7-8,16-18,24H,5-6,9-15H2,1-4H3;2-6,9H,1H3;2H,1H3. The third-order valence-corrected chi connectivity index (χ3v) is 8.19. The number of piperidine rings is 1. The molecule has 1 aromatic heterocycles. The van der Waals surface area contributed by atoms with Gasteiger partial charge in [-0.1, -0.05) is 37.6 Å². The average molecular weight is 684 g/mol. The van der Waals surface area contributed by atoms with E-state index in [1.165, 1.54) is 64.0 Å². The van der Waals surface area contributed by atoms with Crippen LogP contribution < -0.4 is 15.0 Å². The summed E-state index contributed by atoms with van der Waals surface area (Å²) in [6, 6.07) is 9.98. The molecule has 3 heterocycles. The smallest absolute Gasteiger partial charge is 0.402 e. The van der Waals surface area contributed by atoms with Gasteiger partial charge in [-0.15, -0.1) is 0 Å². The highest BCUT2D eigenvalue weighted by Gasteiger charge is 2.40. The number of halogens is 4. The Hall–Kier alpha value is -3.22. The average Bonchev–Trinajstić information content (AvgIpc) is 2.99. The van der Waals surface area contributed by atoms with E-state index >= 15 is 0 Å². The number of aromatic nitrogens is 1. The zero-order valence-electron chi connectivity index (χ0n) is 28.2. The summed E-state index contributed by atoms with van der Waals surface area (Å²) in [5.74, 6) is -0.116. The molecule has 2 saturated heterocycles. The van der Waals surface area contributed by atoms with E-state index in [0.717, 1.165) is 50.7 Å². The topological polar surface area (TPSA) is 95.1 Å². The minimum Gasteiger partial charge on any atom is -0.497 e. The zero-order valence-corrected chi connectivity index (χ0v) is 29.0. The van der Waals surface area contributed by atoms with Crippen LogP contribution in [-0.2, 0) is 9.59 Å². The van der Waals surface area contributed by atoms with Crippen molar-refractivity contribution in [2.45, 2.75) is 70.6 Å². The molecule has 0 bridgehead atoms. The normalized spacial score (nSPS) is 16.0. The van der Waals surface area contributed by atoms with Crippen molar-refractivity contribution in [2.75, 3.05) is 58.8 Å². The Morgan fingerprint density at radius 2 is 1.79 bits per heavy atom. The van der Waals surface area contributed by atoms with Crippen LogP contribution in [0.1, 0.15) is 68.3 Å². The molecule has 47 heavy (non-hydrogen) atoms. The fraction of sp³-hybridized carbons (Fsp3) is 0.588. The lowest BCUT2D eigenvalue weighted by molar-refractivity contribution is -0.156. The monoisotopic (exact) mass is 683 g/mol. The van der Waals surface area contributed by atoms with Gasteiger partial charge < -0.3 is 34.3 Å². The number of nitrogens with zero attached hydrogens (tertiary/aromatic N) is 4. The molecule has 1 aromatic carbocycles. The quantitative estimate of drug-likeness (QED) is 0.233. The number of likely N-dealkylation sites (tertiary alicyclic amines) is 1. The van der Waals surface area contributed by atoms with Gasteiger partial charge in [0, 0.05) is 38.3 Å². The van der Waals surface area contributed by atoms with E-state index in [-0.39, 0.29) is 17.8 Å². The summed E-state index contributed by atoms with van der Waals surface area (Å²) in [5.41, 5.74) is 0.397. The number of methoxy groups -OCH3 is 1. The van der Waals surface area contributed by atoms with E-state index < -0.39 is 12.1 Å². The van der Waals surface area contributed by atoms with E-state index in [1.807, 2.05) is 17.0 Å². The second-order valence-corrected chi connectivity index (χ2v) is 12.6. The number of benzene rings is 1. The van der Waals surface area contributed by atoms with Crippen molar-refractivity contribution in [1.29, 1.82) is 0 Å². The fourth-order valence-electron chi connectivity index (χ4n) is 5.48. The Balaban J connectivity index is 0.000000358. The Labute approximate surface area is 281 Å². The predicted octanol–water partition coefficient (Wildman–Crippen LogP) is 5.86. The Bertz CT molecular complexity index is 1270. The van der Waals surface area contributed by atoms with E-state index in [0.29, 0.717) is 28.5 Å². The lowest BCUT2D eigenvalue weighted by atomic mass is 9.92. The highest BCUT2D eigenvalue weighted by Crippen LogP contribution is 2.34. The van der Waals surface area contributed by atoms with Crippen LogP contribution in [0.15, 0.2) is 36.4 Å². The van der Waals surface area contributed by atoms with Crippen LogP contribution in [0.2, 0.25) is 5.15 Å². The van der Waals surface area contributed by atoms with Crippen LogP contribution >= 0.6 is 11.6 Å². The zero-order chi connectivity index (χ0) is 35.1. The molecule has 0 radical (unpaired) electrons. The number of alkyl halides is 3. The first kappa shape index (κ1) is 40.0. The van der Waals surface area contributed by atoms with Gasteiger partial charge in [0.2, 0.25) is 0 Å². The maximum absolute atomic E-state index is 12.7. The third kappa shape index (κ3) is 13.1. The fourth-order valence-corrected chi connectivity index (χ4v) is 5.71. The molecule has 0 saturated carbocycles. The first-order valence-electron chi connectivity index (χ1n) is 15.9. The van der Waals surface area contributed by atoms with Crippen molar-refractivity contribution >= 4 is 35.9 Å². The maximum Gasteiger partial charge on any atom is 0.402 e. The summed E-state index contributed by atoms with van der Waals surface area (Å²) >= 11 is 6.41. The molecular weight excluding hydrogens is 635 g/mol. The number of ether oxygens (including phenoxy) is 1. The SMILES string of the molecule is CC(C)NC1CN(C(=O)c2ccc(N3CCC(CCCN(C)C)CC3)nc2Cl)C1.CC=O.COc1cccc(C(C=O)C(F)(F)F)c1. The van der Waals surface area contributed by atoms with Gasteiger partial charge in [0.25, 0.3) is 5.91 Å². The van der Waals surface area contributed by atoms with Crippen LogP contribution in [0.3, 0.4) is 0 Å². The summed E-state index contributed by atoms with van der Waals surface area (Å²) in [4.78, 5) is 42.9. The molecule has 13 heteroatoms. The summed E-state index contributed by atoms with van der Waals surface area (Å²) in [6.07, 6.45) is 1.04. The molecule has 1 atom stereocenters. The molecule has 2 aliphatic heterocycles. The maximum atomic E-state index is 12.7. The van der Waals surface area contributed by atoms with Crippen molar-refractivity contribution in [3.8, 4) is 5.75 Å². The van der Waals surface area contributed by atoms with Crippen LogP contribution in [0.4, 0.5) is 19.0 Å². The van der Waals surface area contributed by atoms with Crippen LogP contribution in [0, 0.1) is 5.92 Å².